The third-order valence-corrected chi connectivity index (χ3v) is 8.99. The number of guanidine groups is 1. The number of carbonyl (C=O) groups is 2. The second-order valence-corrected chi connectivity index (χ2v) is 12.1. The smallest absolute Gasteiger partial charge is 0.229 e. The Morgan fingerprint density at radius 1 is 1.06 bits per heavy atom. The van der Waals surface area contributed by atoms with Crippen molar-refractivity contribution in [3.8, 4) is 17.2 Å². The fourth-order valence-corrected chi connectivity index (χ4v) is 6.23. The number of aliphatic hydroxyl groups is 5. The number of nitrogens with zero attached hydrogens (tertiary/aromatic N) is 2. The summed E-state index contributed by atoms with van der Waals surface area (Å²) >= 11 is 0. The Bertz CT molecular complexity index is 1770. The minimum Gasteiger partial charge on any atom is -0.507 e. The fourth-order valence-electron chi connectivity index (χ4n) is 6.23. The number of carbonyl (C=O) groups excluding carboxylic acids is 2. The number of benzene rings is 2. The van der Waals surface area contributed by atoms with E-state index >= 15 is 0 Å². The number of phenols is 1. The maximum Gasteiger partial charge on any atom is 0.229 e. The minimum absolute atomic E-state index is 0.0581. The number of hydrogen-bond acceptors (Lipinski definition) is 14. The predicted octanol–water partition coefficient (Wildman–Crippen LogP) is -0.535. The molecule has 16 heteroatoms. The molecule has 1 aliphatic carbocycles. The summed E-state index contributed by atoms with van der Waals surface area (Å²) < 4.78 is 16.7. The molecule has 0 radical (unpaired) electrons. The number of anilines is 1. The van der Waals surface area contributed by atoms with Crippen molar-refractivity contribution in [2.24, 2.45) is 10.7 Å². The Morgan fingerprint density at radius 2 is 1.80 bits per heavy atom. The maximum absolute atomic E-state index is 14.3. The van der Waals surface area contributed by atoms with Crippen LogP contribution in [0.15, 0.2) is 41.5 Å². The van der Waals surface area contributed by atoms with Gasteiger partial charge in [0, 0.05) is 49.2 Å². The Labute approximate surface area is 287 Å². The van der Waals surface area contributed by atoms with Crippen molar-refractivity contribution in [2.75, 3.05) is 33.1 Å². The number of hydrogen-bond donors (Lipinski definition) is 9. The van der Waals surface area contributed by atoms with Gasteiger partial charge in [-0.05, 0) is 54.5 Å². The van der Waals surface area contributed by atoms with Crippen LogP contribution in [0, 0.1) is 0 Å². The number of fused-ring (bicyclic) bond motifs is 2. The first kappa shape index (κ1) is 36.4. The molecule has 1 aliphatic heterocycles. The Kier molecular flexibility index (Phi) is 11.2. The van der Waals surface area contributed by atoms with E-state index in [1.54, 1.807) is 18.3 Å². The molecule has 1 fully saturated rings. The molecular formula is C34H41N5O11. The van der Waals surface area contributed by atoms with Gasteiger partial charge < -0.3 is 61.6 Å². The number of ether oxygens (including phenoxy) is 3. The molecule has 2 aliphatic rings. The average Bonchev–Trinajstić information content (AvgIpc) is 3.11. The lowest BCUT2D eigenvalue weighted by atomic mass is 9.78. The summed E-state index contributed by atoms with van der Waals surface area (Å²) in [4.78, 5) is 36.7. The largest absolute Gasteiger partial charge is 0.507 e. The van der Waals surface area contributed by atoms with Gasteiger partial charge in [0.1, 0.15) is 47.5 Å². The molecule has 0 spiro atoms. The van der Waals surface area contributed by atoms with E-state index in [0.717, 1.165) is 5.56 Å². The van der Waals surface area contributed by atoms with Crippen molar-refractivity contribution in [1.29, 1.82) is 0 Å². The lowest BCUT2D eigenvalue weighted by Crippen LogP contribution is -2.60. The van der Waals surface area contributed by atoms with Crippen molar-refractivity contribution in [1.82, 2.24) is 10.3 Å². The third kappa shape index (κ3) is 7.07. The molecular weight excluding hydrogens is 654 g/mol. The summed E-state index contributed by atoms with van der Waals surface area (Å²) in [5, 5.41) is 65.1. The van der Waals surface area contributed by atoms with Crippen LogP contribution in [0.2, 0.25) is 0 Å². The van der Waals surface area contributed by atoms with Crippen LogP contribution in [0.4, 0.5) is 5.82 Å². The number of phenolic OH excluding ortho intramolecular Hbond substituents is 1. The molecule has 6 atom stereocenters. The number of ketones is 2. The number of aliphatic imine (C=N–C) groups is 1. The Hall–Kier alpha value is -4.84. The molecule has 3 aromatic rings. The van der Waals surface area contributed by atoms with Crippen LogP contribution in [-0.2, 0) is 17.7 Å². The van der Waals surface area contributed by atoms with Crippen LogP contribution in [0.3, 0.4) is 0 Å². The molecule has 0 amide bonds. The van der Waals surface area contributed by atoms with Crippen LogP contribution in [0.25, 0.3) is 0 Å². The quantitative estimate of drug-likeness (QED) is 0.0665. The highest BCUT2D eigenvalue weighted by Crippen LogP contribution is 2.43. The zero-order chi connectivity index (χ0) is 36.3. The number of nitrogen functional groups attached to an aromatic ring is 1. The van der Waals surface area contributed by atoms with Crippen LogP contribution < -0.4 is 26.3 Å². The first-order valence-electron chi connectivity index (χ1n) is 15.9. The second kappa shape index (κ2) is 15.4. The molecule has 2 aromatic carbocycles. The van der Waals surface area contributed by atoms with Crippen molar-refractivity contribution >= 4 is 23.3 Å². The van der Waals surface area contributed by atoms with Gasteiger partial charge in [0.05, 0.1) is 24.8 Å². The first-order chi connectivity index (χ1) is 23.9. The summed E-state index contributed by atoms with van der Waals surface area (Å²) in [6.45, 7) is -0.858. The van der Waals surface area contributed by atoms with Crippen LogP contribution in [0.1, 0.15) is 67.3 Å². The number of nitrogens with one attached hydrogen (secondary N) is 1. The molecule has 11 N–H and O–H groups in total. The average molecular weight is 696 g/mol. The summed E-state index contributed by atoms with van der Waals surface area (Å²) in [6.07, 6.45) is -5.36. The van der Waals surface area contributed by atoms with Gasteiger partial charge in [-0.25, -0.2) is 4.98 Å². The van der Waals surface area contributed by atoms with E-state index in [1.807, 2.05) is 6.07 Å². The minimum atomic E-state index is -1.81. The zero-order valence-corrected chi connectivity index (χ0v) is 27.4. The van der Waals surface area contributed by atoms with Crippen molar-refractivity contribution in [2.45, 2.75) is 62.4 Å². The maximum atomic E-state index is 14.3. The SMILES string of the molecule is CN=C(N)NCc1c(C[C@H](CCCO)c2ccc(N)nc2)cc2c(c1O)C(=O)c1c(O[C@@H]3O[C@H](CO)[C@@H](O)[C@H](O)[C@H]3O)cc(OC)cc1C2=O. The first-order valence-corrected chi connectivity index (χ1v) is 15.9. The summed E-state index contributed by atoms with van der Waals surface area (Å²) in [7, 11) is 2.80. The van der Waals surface area contributed by atoms with Gasteiger partial charge in [-0.3, -0.25) is 14.6 Å². The van der Waals surface area contributed by atoms with E-state index in [1.165, 1.54) is 26.3 Å². The van der Waals surface area contributed by atoms with Gasteiger partial charge in [0.2, 0.25) is 12.1 Å². The van der Waals surface area contributed by atoms with Crippen molar-refractivity contribution in [3.63, 3.8) is 0 Å². The van der Waals surface area contributed by atoms with E-state index in [-0.39, 0.29) is 70.8 Å². The monoisotopic (exact) mass is 695 g/mol. The number of nitrogens with two attached hydrogens (primary N) is 2. The number of pyridine rings is 1. The Morgan fingerprint density at radius 3 is 2.44 bits per heavy atom. The van der Waals surface area contributed by atoms with Gasteiger partial charge in [-0.1, -0.05) is 6.07 Å². The van der Waals surface area contributed by atoms with Gasteiger partial charge in [0.25, 0.3) is 0 Å². The van der Waals surface area contributed by atoms with Gasteiger partial charge in [0.15, 0.2) is 11.7 Å². The lowest BCUT2D eigenvalue weighted by molar-refractivity contribution is -0.277. The number of rotatable bonds is 12. The molecule has 1 saturated heterocycles. The summed E-state index contributed by atoms with van der Waals surface area (Å²) in [5.41, 5.74) is 12.5. The molecule has 0 saturated carbocycles. The molecule has 0 bridgehead atoms. The fraction of sp³-hybridized carbons (Fsp3) is 0.412. The zero-order valence-electron chi connectivity index (χ0n) is 27.4. The van der Waals surface area contributed by atoms with E-state index in [0.29, 0.717) is 24.2 Å². The lowest BCUT2D eigenvalue weighted by Gasteiger charge is -2.39. The predicted molar refractivity (Wildman–Crippen MR) is 178 cm³/mol. The number of aromatic hydroxyl groups is 1. The normalized spacial score (nSPS) is 22.5. The van der Waals surface area contributed by atoms with E-state index < -0.39 is 54.6 Å². The molecule has 0 unspecified atom stereocenters. The Balaban J connectivity index is 1.63. The van der Waals surface area contributed by atoms with Gasteiger partial charge in [-0.15, -0.1) is 0 Å². The molecule has 50 heavy (non-hydrogen) atoms. The standard InChI is InChI=1S/C34H41N5O11/c1-37-34(36)39-13-21-17(8-15(4-3-7-40)16-5-6-24(35)38-12-16)9-19-26(28(21)43)30(45)25-20(27(19)42)10-18(48-2)11-22(25)49-33-32(47)31(46)29(44)23(14-41)50-33/h5-6,9-12,15,23,29,31-33,40-41,43-44,46-47H,3-4,7-8,13-14H2,1-2H3,(H2,35,38)(H3,36,37,39)/t15-,23+,29+,31-,32+,33+/m0/s1. The molecule has 5 rings (SSSR count). The summed E-state index contributed by atoms with van der Waals surface area (Å²) in [6, 6.07) is 7.63. The molecule has 2 heterocycles. The highest BCUT2D eigenvalue weighted by Gasteiger charge is 2.46. The van der Waals surface area contributed by atoms with Crippen LogP contribution >= 0.6 is 0 Å². The van der Waals surface area contributed by atoms with E-state index in [9.17, 15) is 40.2 Å². The van der Waals surface area contributed by atoms with Crippen LogP contribution in [0.5, 0.6) is 17.2 Å². The third-order valence-electron chi connectivity index (χ3n) is 8.99. The van der Waals surface area contributed by atoms with Crippen LogP contribution in [-0.4, -0.2) is 111 Å². The number of aliphatic hydroxyl groups excluding tert-OH is 5. The van der Waals surface area contributed by atoms with E-state index in [4.69, 9.17) is 25.7 Å². The highest BCUT2D eigenvalue weighted by molar-refractivity contribution is 6.30. The molecule has 16 nitrogen and oxygen atoms in total. The van der Waals surface area contributed by atoms with Gasteiger partial charge in [-0.2, -0.15) is 0 Å². The topological polar surface area (TPSA) is 273 Å². The second-order valence-electron chi connectivity index (χ2n) is 12.1. The molecule has 1 aromatic heterocycles. The number of methoxy groups -OCH3 is 1. The highest BCUT2D eigenvalue weighted by atomic mass is 16.7. The van der Waals surface area contributed by atoms with Gasteiger partial charge >= 0.3 is 0 Å². The summed E-state index contributed by atoms with van der Waals surface area (Å²) in [5.74, 6) is -1.94. The van der Waals surface area contributed by atoms with E-state index in [2.05, 4.69) is 15.3 Å². The van der Waals surface area contributed by atoms with Crippen molar-refractivity contribution < 1.29 is 54.4 Å². The molecule has 268 valence electrons. The van der Waals surface area contributed by atoms with Crippen molar-refractivity contribution in [3.05, 3.63) is 75.5 Å². The number of aromatic nitrogens is 1.